The van der Waals surface area contributed by atoms with E-state index in [0.29, 0.717) is 0 Å². The minimum absolute atomic E-state index is 0.0439. The minimum atomic E-state index is -0.319. The molecule has 2 unspecified atom stereocenters. The molecule has 2 fully saturated rings. The van der Waals surface area contributed by atoms with Crippen molar-refractivity contribution >= 4 is 5.69 Å². The van der Waals surface area contributed by atoms with E-state index in [9.17, 15) is 5.11 Å². The fraction of sp³-hybridized carbons (Fsp3) is 0.647. The van der Waals surface area contributed by atoms with Gasteiger partial charge < -0.3 is 20.1 Å². The van der Waals surface area contributed by atoms with Crippen LogP contribution in [0.3, 0.4) is 0 Å². The van der Waals surface area contributed by atoms with Crippen LogP contribution in [0.15, 0.2) is 24.3 Å². The van der Waals surface area contributed by atoms with Gasteiger partial charge in [0.1, 0.15) is 11.9 Å². The predicted molar refractivity (Wildman–Crippen MR) is 85.0 cm³/mol. The highest BCUT2D eigenvalue weighted by atomic mass is 16.5. The Hall–Kier alpha value is -1.26. The number of ether oxygens (including phenoxy) is 1. The number of aliphatic hydroxyl groups excluding tert-OH is 1. The third-order valence-corrected chi connectivity index (χ3v) is 4.52. The maximum atomic E-state index is 10.1. The van der Waals surface area contributed by atoms with Crippen molar-refractivity contribution in [3.8, 4) is 5.75 Å². The van der Waals surface area contributed by atoms with E-state index in [4.69, 9.17) is 4.74 Å². The highest BCUT2D eigenvalue weighted by Gasteiger charge is 2.23. The first-order valence-electron chi connectivity index (χ1n) is 8.23. The van der Waals surface area contributed by atoms with Crippen LogP contribution in [0.5, 0.6) is 5.75 Å². The highest BCUT2D eigenvalue weighted by molar-refractivity contribution is 5.49. The van der Waals surface area contributed by atoms with Gasteiger partial charge in [-0.2, -0.15) is 0 Å². The maximum absolute atomic E-state index is 10.1. The lowest BCUT2D eigenvalue weighted by Crippen LogP contribution is -2.43. The molecule has 0 aromatic heterocycles. The minimum Gasteiger partial charge on any atom is -0.488 e. The lowest BCUT2D eigenvalue weighted by atomic mass is 10.1. The molecule has 1 aromatic carbocycles. The predicted octanol–water partition coefficient (Wildman–Crippen LogP) is 2.17. The maximum Gasteiger partial charge on any atom is 0.124 e. The Balaban J connectivity index is 1.60. The van der Waals surface area contributed by atoms with Gasteiger partial charge in [0.25, 0.3) is 0 Å². The molecular weight excluding hydrogens is 264 g/mol. The molecule has 1 saturated carbocycles. The van der Waals surface area contributed by atoms with Gasteiger partial charge >= 0.3 is 0 Å². The van der Waals surface area contributed by atoms with Crippen LogP contribution in [0.1, 0.15) is 32.1 Å². The molecule has 1 saturated heterocycles. The van der Waals surface area contributed by atoms with Gasteiger partial charge in [-0.05, 0) is 43.5 Å². The molecule has 1 aliphatic carbocycles. The lowest BCUT2D eigenvalue weighted by Gasteiger charge is -2.29. The molecule has 3 rings (SSSR count). The first-order valence-corrected chi connectivity index (χ1v) is 8.23. The smallest absolute Gasteiger partial charge is 0.124 e. The van der Waals surface area contributed by atoms with E-state index in [2.05, 4.69) is 22.3 Å². The standard InChI is InChI=1S/C17H26N2O2/c20-16-4-2-1-3-5-17(16)21-15-8-6-14(7-9-15)19-12-10-18-11-13-19/h6-9,16-18,20H,1-5,10-13H2. The zero-order valence-corrected chi connectivity index (χ0v) is 12.6. The monoisotopic (exact) mass is 290 g/mol. The van der Waals surface area contributed by atoms with E-state index in [0.717, 1.165) is 57.6 Å². The molecule has 2 aliphatic rings. The number of nitrogens with one attached hydrogen (secondary N) is 1. The van der Waals surface area contributed by atoms with Crippen molar-refractivity contribution in [2.24, 2.45) is 0 Å². The second-order valence-corrected chi connectivity index (χ2v) is 6.09. The van der Waals surface area contributed by atoms with E-state index in [1.807, 2.05) is 12.1 Å². The van der Waals surface area contributed by atoms with Crippen molar-refractivity contribution in [1.29, 1.82) is 0 Å². The SMILES string of the molecule is OC1CCCCCC1Oc1ccc(N2CCNCC2)cc1. The Kier molecular flexibility index (Phi) is 4.99. The van der Waals surface area contributed by atoms with Crippen molar-refractivity contribution in [2.75, 3.05) is 31.1 Å². The molecule has 2 N–H and O–H groups in total. The Morgan fingerprint density at radius 2 is 1.71 bits per heavy atom. The van der Waals surface area contributed by atoms with E-state index < -0.39 is 0 Å². The summed E-state index contributed by atoms with van der Waals surface area (Å²) in [5.41, 5.74) is 1.25. The molecule has 2 atom stereocenters. The molecule has 116 valence electrons. The Bertz CT molecular complexity index is 429. The zero-order chi connectivity index (χ0) is 14.5. The van der Waals surface area contributed by atoms with E-state index in [1.165, 1.54) is 12.1 Å². The number of aliphatic hydroxyl groups is 1. The third-order valence-electron chi connectivity index (χ3n) is 4.52. The van der Waals surface area contributed by atoms with Gasteiger partial charge in [-0.1, -0.05) is 12.8 Å². The number of hydrogen-bond donors (Lipinski definition) is 2. The van der Waals surface area contributed by atoms with E-state index >= 15 is 0 Å². The van der Waals surface area contributed by atoms with E-state index in [-0.39, 0.29) is 12.2 Å². The van der Waals surface area contributed by atoms with Gasteiger partial charge in [-0.3, -0.25) is 0 Å². The van der Waals surface area contributed by atoms with Crippen LogP contribution in [-0.2, 0) is 0 Å². The van der Waals surface area contributed by atoms with Crippen molar-refractivity contribution in [3.05, 3.63) is 24.3 Å². The fourth-order valence-electron chi connectivity index (χ4n) is 3.22. The number of benzene rings is 1. The number of nitrogens with zero attached hydrogens (tertiary/aromatic N) is 1. The van der Waals surface area contributed by atoms with Gasteiger partial charge in [0.15, 0.2) is 0 Å². The lowest BCUT2D eigenvalue weighted by molar-refractivity contribution is 0.0320. The fourth-order valence-corrected chi connectivity index (χ4v) is 3.22. The average molecular weight is 290 g/mol. The molecule has 0 bridgehead atoms. The molecule has 0 spiro atoms. The van der Waals surface area contributed by atoms with Gasteiger partial charge in [0.2, 0.25) is 0 Å². The zero-order valence-electron chi connectivity index (χ0n) is 12.6. The van der Waals surface area contributed by atoms with Crippen molar-refractivity contribution < 1.29 is 9.84 Å². The quantitative estimate of drug-likeness (QED) is 0.838. The molecular formula is C17H26N2O2. The Labute approximate surface area is 127 Å². The number of piperazine rings is 1. The summed E-state index contributed by atoms with van der Waals surface area (Å²) in [6.07, 6.45) is 4.94. The Morgan fingerprint density at radius 3 is 2.48 bits per heavy atom. The van der Waals surface area contributed by atoms with Crippen LogP contribution in [-0.4, -0.2) is 43.5 Å². The first kappa shape index (κ1) is 14.7. The van der Waals surface area contributed by atoms with Crippen molar-refractivity contribution in [1.82, 2.24) is 5.32 Å². The molecule has 21 heavy (non-hydrogen) atoms. The van der Waals surface area contributed by atoms with Crippen LogP contribution >= 0.6 is 0 Å². The summed E-state index contributed by atoms with van der Waals surface area (Å²) < 4.78 is 6.01. The molecule has 4 heteroatoms. The van der Waals surface area contributed by atoms with Crippen molar-refractivity contribution in [3.63, 3.8) is 0 Å². The average Bonchev–Trinajstić information content (AvgIpc) is 2.74. The summed E-state index contributed by atoms with van der Waals surface area (Å²) in [5.74, 6) is 0.875. The second kappa shape index (κ2) is 7.14. The summed E-state index contributed by atoms with van der Waals surface area (Å²) >= 11 is 0. The van der Waals surface area contributed by atoms with Gasteiger partial charge in [0.05, 0.1) is 6.10 Å². The highest BCUT2D eigenvalue weighted by Crippen LogP contribution is 2.25. The normalized spacial score (nSPS) is 27.2. The van der Waals surface area contributed by atoms with Gasteiger partial charge in [-0.15, -0.1) is 0 Å². The van der Waals surface area contributed by atoms with Crippen LogP contribution in [0.4, 0.5) is 5.69 Å². The molecule has 4 nitrogen and oxygen atoms in total. The summed E-state index contributed by atoms with van der Waals surface area (Å²) in [6.45, 7) is 4.21. The van der Waals surface area contributed by atoms with Gasteiger partial charge in [-0.25, -0.2) is 0 Å². The number of hydrogen-bond acceptors (Lipinski definition) is 4. The summed E-state index contributed by atoms with van der Waals surface area (Å²) in [6, 6.07) is 8.33. The molecule has 0 amide bonds. The van der Waals surface area contributed by atoms with Crippen LogP contribution in [0.2, 0.25) is 0 Å². The summed E-state index contributed by atoms with van der Waals surface area (Å²) in [7, 11) is 0. The van der Waals surface area contributed by atoms with Crippen LogP contribution in [0.25, 0.3) is 0 Å². The van der Waals surface area contributed by atoms with E-state index in [1.54, 1.807) is 0 Å². The molecule has 1 aliphatic heterocycles. The summed E-state index contributed by atoms with van der Waals surface area (Å²) in [5, 5.41) is 13.5. The number of rotatable bonds is 3. The van der Waals surface area contributed by atoms with Crippen molar-refractivity contribution in [2.45, 2.75) is 44.3 Å². The Morgan fingerprint density at radius 1 is 1.00 bits per heavy atom. The first-order chi connectivity index (χ1) is 10.3. The third kappa shape index (κ3) is 3.89. The second-order valence-electron chi connectivity index (χ2n) is 6.09. The van der Waals surface area contributed by atoms with Gasteiger partial charge in [0, 0.05) is 31.9 Å². The molecule has 1 heterocycles. The summed E-state index contributed by atoms with van der Waals surface area (Å²) in [4.78, 5) is 2.39. The van der Waals surface area contributed by atoms with Crippen LogP contribution < -0.4 is 15.0 Å². The topological polar surface area (TPSA) is 44.7 Å². The molecule has 0 radical (unpaired) electrons. The van der Waals surface area contributed by atoms with Crippen LogP contribution in [0, 0.1) is 0 Å². The number of anilines is 1. The molecule has 1 aromatic rings. The largest absolute Gasteiger partial charge is 0.488 e.